The smallest absolute Gasteiger partial charge is 0.322 e. The minimum Gasteiger partial charge on any atom is -0.407 e. The standard InChI is InChI=1S/C19H17F2N3O2S/c1-11(2)27-14-6-3-12(4-7-14)9-17-23-24-19(26-17)22-18(25)15-8-5-13(20)10-16(15)21/h3-8,10-11H,9H2,1-2H3,(H,22,24,25). The molecule has 0 saturated carbocycles. The number of rotatable bonds is 6. The Morgan fingerprint density at radius 3 is 2.56 bits per heavy atom. The first-order valence-electron chi connectivity index (χ1n) is 8.25. The number of hydrogen-bond donors (Lipinski definition) is 1. The van der Waals surface area contributed by atoms with Gasteiger partial charge in [-0.1, -0.05) is 31.1 Å². The van der Waals surface area contributed by atoms with E-state index >= 15 is 0 Å². The zero-order valence-corrected chi connectivity index (χ0v) is 15.5. The van der Waals surface area contributed by atoms with Gasteiger partial charge in [0.2, 0.25) is 5.89 Å². The van der Waals surface area contributed by atoms with Gasteiger partial charge in [0.15, 0.2) is 0 Å². The summed E-state index contributed by atoms with van der Waals surface area (Å²) in [6, 6.07) is 10.5. The lowest BCUT2D eigenvalue weighted by Gasteiger charge is -2.05. The fourth-order valence-corrected chi connectivity index (χ4v) is 3.18. The molecule has 140 valence electrons. The van der Waals surface area contributed by atoms with Crippen LogP contribution in [0.25, 0.3) is 0 Å². The van der Waals surface area contributed by atoms with Crippen LogP contribution in [-0.2, 0) is 6.42 Å². The number of aromatic nitrogens is 2. The van der Waals surface area contributed by atoms with Gasteiger partial charge in [0.05, 0.1) is 12.0 Å². The molecule has 27 heavy (non-hydrogen) atoms. The van der Waals surface area contributed by atoms with E-state index in [1.54, 1.807) is 11.8 Å². The van der Waals surface area contributed by atoms with Crippen LogP contribution in [0.15, 0.2) is 51.8 Å². The molecule has 0 aliphatic heterocycles. The summed E-state index contributed by atoms with van der Waals surface area (Å²) < 4.78 is 31.9. The van der Waals surface area contributed by atoms with Crippen molar-refractivity contribution in [2.24, 2.45) is 0 Å². The van der Waals surface area contributed by atoms with Crippen LogP contribution in [0.1, 0.15) is 35.7 Å². The summed E-state index contributed by atoms with van der Waals surface area (Å²) in [5.41, 5.74) is 0.670. The summed E-state index contributed by atoms with van der Waals surface area (Å²) in [5.74, 6) is -2.21. The van der Waals surface area contributed by atoms with Crippen LogP contribution in [0.4, 0.5) is 14.8 Å². The molecule has 1 N–H and O–H groups in total. The van der Waals surface area contributed by atoms with Crippen LogP contribution in [-0.4, -0.2) is 21.4 Å². The second kappa shape index (κ2) is 8.30. The predicted molar refractivity (Wildman–Crippen MR) is 98.9 cm³/mol. The third-order valence-corrected chi connectivity index (χ3v) is 4.53. The van der Waals surface area contributed by atoms with E-state index in [9.17, 15) is 13.6 Å². The molecule has 0 unspecified atom stereocenters. The van der Waals surface area contributed by atoms with E-state index in [0.717, 1.165) is 17.7 Å². The SMILES string of the molecule is CC(C)Sc1ccc(Cc2nnc(NC(=O)c3ccc(F)cc3F)o2)cc1. The summed E-state index contributed by atoms with van der Waals surface area (Å²) >= 11 is 1.77. The molecular formula is C19H17F2N3O2S. The quantitative estimate of drug-likeness (QED) is 0.620. The van der Waals surface area contributed by atoms with Gasteiger partial charge in [-0.25, -0.2) is 8.78 Å². The largest absolute Gasteiger partial charge is 0.407 e. The number of carbonyl (C=O) groups excluding carboxylic acids is 1. The lowest BCUT2D eigenvalue weighted by molar-refractivity contribution is 0.102. The van der Waals surface area contributed by atoms with Crippen LogP contribution in [0.3, 0.4) is 0 Å². The highest BCUT2D eigenvalue weighted by molar-refractivity contribution is 7.99. The van der Waals surface area contributed by atoms with E-state index in [0.29, 0.717) is 23.6 Å². The van der Waals surface area contributed by atoms with Gasteiger partial charge in [-0.15, -0.1) is 16.9 Å². The normalized spacial score (nSPS) is 11.0. The Bertz CT molecular complexity index is 942. The Kier molecular flexibility index (Phi) is 5.85. The minimum absolute atomic E-state index is 0.147. The molecule has 0 saturated heterocycles. The van der Waals surface area contributed by atoms with E-state index in [1.807, 2.05) is 24.3 Å². The van der Waals surface area contributed by atoms with Gasteiger partial charge >= 0.3 is 6.01 Å². The zero-order valence-electron chi connectivity index (χ0n) is 14.7. The second-order valence-corrected chi connectivity index (χ2v) is 7.72. The number of nitrogens with zero attached hydrogens (tertiary/aromatic N) is 2. The Morgan fingerprint density at radius 1 is 1.15 bits per heavy atom. The number of thioether (sulfide) groups is 1. The molecule has 0 atom stereocenters. The third kappa shape index (κ3) is 5.13. The summed E-state index contributed by atoms with van der Waals surface area (Å²) in [4.78, 5) is 13.2. The Morgan fingerprint density at radius 2 is 1.89 bits per heavy atom. The first-order chi connectivity index (χ1) is 12.9. The molecule has 1 heterocycles. The molecule has 0 radical (unpaired) electrons. The molecule has 3 aromatic rings. The molecule has 8 heteroatoms. The molecule has 0 aliphatic rings. The topological polar surface area (TPSA) is 68.0 Å². The monoisotopic (exact) mass is 389 g/mol. The molecule has 1 aromatic heterocycles. The molecule has 0 bridgehead atoms. The van der Waals surface area contributed by atoms with Gasteiger partial charge in [0.25, 0.3) is 5.91 Å². The fourth-order valence-electron chi connectivity index (χ4n) is 2.35. The van der Waals surface area contributed by atoms with E-state index in [4.69, 9.17) is 4.42 Å². The molecule has 0 spiro atoms. The number of carbonyl (C=O) groups is 1. The van der Waals surface area contributed by atoms with Crippen molar-refractivity contribution in [3.63, 3.8) is 0 Å². The summed E-state index contributed by atoms with van der Waals surface area (Å²) in [6.45, 7) is 4.26. The summed E-state index contributed by atoms with van der Waals surface area (Å²) in [6.07, 6.45) is 0.403. The number of halogens is 2. The van der Waals surface area contributed by atoms with E-state index < -0.39 is 17.5 Å². The Hall–Kier alpha value is -2.74. The highest BCUT2D eigenvalue weighted by Gasteiger charge is 2.16. The van der Waals surface area contributed by atoms with Crippen LogP contribution in [0, 0.1) is 11.6 Å². The third-order valence-electron chi connectivity index (χ3n) is 3.51. The molecule has 0 fully saturated rings. The van der Waals surface area contributed by atoms with Crippen molar-refractivity contribution in [2.75, 3.05) is 5.32 Å². The molecule has 1 amide bonds. The maximum atomic E-state index is 13.6. The fraction of sp³-hybridized carbons (Fsp3) is 0.211. The van der Waals surface area contributed by atoms with Crippen LogP contribution in [0.5, 0.6) is 0 Å². The van der Waals surface area contributed by atoms with Crippen molar-refractivity contribution in [2.45, 2.75) is 30.4 Å². The Balaban J connectivity index is 1.63. The van der Waals surface area contributed by atoms with Gasteiger partial charge in [-0.3, -0.25) is 10.1 Å². The van der Waals surface area contributed by atoms with Crippen molar-refractivity contribution < 1.29 is 18.0 Å². The molecule has 0 aliphatic carbocycles. The maximum absolute atomic E-state index is 13.6. The van der Waals surface area contributed by atoms with E-state index in [2.05, 4.69) is 29.4 Å². The van der Waals surface area contributed by atoms with Crippen molar-refractivity contribution >= 4 is 23.7 Å². The Labute approximate surface area is 159 Å². The summed E-state index contributed by atoms with van der Waals surface area (Å²) in [5, 5.41) is 10.4. The van der Waals surface area contributed by atoms with Crippen LogP contribution in [0.2, 0.25) is 0 Å². The zero-order chi connectivity index (χ0) is 19.4. The van der Waals surface area contributed by atoms with Crippen molar-refractivity contribution in [1.82, 2.24) is 10.2 Å². The first kappa shape index (κ1) is 19.0. The predicted octanol–water partition coefficient (Wildman–Crippen LogP) is 4.69. The molecule has 5 nitrogen and oxygen atoms in total. The molecule has 3 rings (SSSR count). The number of hydrogen-bond acceptors (Lipinski definition) is 5. The second-order valence-electron chi connectivity index (χ2n) is 6.07. The summed E-state index contributed by atoms with van der Waals surface area (Å²) in [7, 11) is 0. The van der Waals surface area contributed by atoms with Gasteiger partial charge in [-0.2, -0.15) is 0 Å². The maximum Gasteiger partial charge on any atom is 0.322 e. The van der Waals surface area contributed by atoms with Gasteiger partial charge in [0, 0.05) is 16.2 Å². The van der Waals surface area contributed by atoms with Crippen molar-refractivity contribution in [1.29, 1.82) is 0 Å². The van der Waals surface area contributed by atoms with Crippen LogP contribution >= 0.6 is 11.8 Å². The number of amides is 1. The lowest BCUT2D eigenvalue weighted by atomic mass is 10.1. The van der Waals surface area contributed by atoms with E-state index in [1.165, 1.54) is 4.90 Å². The molecular weight excluding hydrogens is 372 g/mol. The molecule has 2 aromatic carbocycles. The average molecular weight is 389 g/mol. The minimum atomic E-state index is -0.966. The van der Waals surface area contributed by atoms with Gasteiger partial charge in [0.1, 0.15) is 11.6 Å². The number of nitrogens with one attached hydrogen (secondary N) is 1. The van der Waals surface area contributed by atoms with E-state index in [-0.39, 0.29) is 11.6 Å². The van der Waals surface area contributed by atoms with Gasteiger partial charge in [-0.05, 0) is 29.8 Å². The van der Waals surface area contributed by atoms with Gasteiger partial charge < -0.3 is 4.42 Å². The average Bonchev–Trinajstić information content (AvgIpc) is 3.03. The van der Waals surface area contributed by atoms with Crippen molar-refractivity contribution in [3.8, 4) is 0 Å². The number of anilines is 1. The number of benzene rings is 2. The highest BCUT2D eigenvalue weighted by atomic mass is 32.2. The van der Waals surface area contributed by atoms with Crippen molar-refractivity contribution in [3.05, 3.63) is 71.1 Å². The first-order valence-corrected chi connectivity index (χ1v) is 9.13. The van der Waals surface area contributed by atoms with Crippen LogP contribution < -0.4 is 5.32 Å². The highest BCUT2D eigenvalue weighted by Crippen LogP contribution is 2.23. The lowest BCUT2D eigenvalue weighted by Crippen LogP contribution is -2.14.